The van der Waals surface area contributed by atoms with Crippen LogP contribution in [-0.2, 0) is 0 Å². The fraction of sp³-hybridized carbons (Fsp3) is 1.00. The highest BCUT2D eigenvalue weighted by Crippen LogP contribution is 2.39. The molecule has 0 aromatic rings. The predicted molar refractivity (Wildman–Crippen MR) is 78.0 cm³/mol. The molecule has 2 aliphatic rings. The van der Waals surface area contributed by atoms with Gasteiger partial charge in [-0.15, -0.1) is 0 Å². The van der Waals surface area contributed by atoms with Crippen molar-refractivity contribution in [2.24, 2.45) is 11.3 Å². The number of likely N-dealkylation sites (N-methyl/N-ethyl adjacent to an activating group) is 1. The van der Waals surface area contributed by atoms with Crippen LogP contribution in [0.4, 0.5) is 0 Å². The van der Waals surface area contributed by atoms with Crippen LogP contribution in [-0.4, -0.2) is 47.0 Å². The monoisotopic (exact) mass is 269 g/mol. The standard InChI is InChI=1S/C16H31NO2/c1-15(2)9-6-14(18)13(10-15)11-17(3)12-16(19)7-4-5-8-16/h13-14,18-19H,4-12H2,1-3H3. The second-order valence-electron chi connectivity index (χ2n) is 7.86. The molecule has 0 amide bonds. The lowest BCUT2D eigenvalue weighted by Crippen LogP contribution is -2.45. The number of nitrogens with zero attached hydrogens (tertiary/aromatic N) is 1. The first kappa shape index (κ1) is 15.3. The highest BCUT2D eigenvalue weighted by molar-refractivity contribution is 4.90. The first-order chi connectivity index (χ1) is 8.80. The molecule has 0 aliphatic heterocycles. The molecule has 2 rings (SSSR count). The molecule has 0 heterocycles. The molecule has 0 spiro atoms. The summed E-state index contributed by atoms with van der Waals surface area (Å²) in [6.07, 6.45) is 7.18. The van der Waals surface area contributed by atoms with Crippen molar-refractivity contribution in [3.63, 3.8) is 0 Å². The summed E-state index contributed by atoms with van der Waals surface area (Å²) in [5, 5.41) is 20.6. The quantitative estimate of drug-likeness (QED) is 0.824. The van der Waals surface area contributed by atoms with E-state index in [4.69, 9.17) is 0 Å². The predicted octanol–water partition coefficient (Wildman–Crippen LogP) is 2.41. The Kier molecular flexibility index (Phi) is 4.59. The van der Waals surface area contributed by atoms with E-state index in [0.29, 0.717) is 11.3 Å². The van der Waals surface area contributed by atoms with Crippen molar-refractivity contribution in [3.05, 3.63) is 0 Å². The lowest BCUT2D eigenvalue weighted by molar-refractivity contribution is -0.0187. The van der Waals surface area contributed by atoms with E-state index in [2.05, 4.69) is 25.8 Å². The Bertz CT molecular complexity index is 297. The summed E-state index contributed by atoms with van der Waals surface area (Å²) >= 11 is 0. The van der Waals surface area contributed by atoms with E-state index in [1.54, 1.807) is 0 Å². The van der Waals surface area contributed by atoms with Crippen LogP contribution < -0.4 is 0 Å². The van der Waals surface area contributed by atoms with Gasteiger partial charge in [-0.25, -0.2) is 0 Å². The summed E-state index contributed by atoms with van der Waals surface area (Å²) in [6, 6.07) is 0. The van der Waals surface area contributed by atoms with E-state index in [9.17, 15) is 10.2 Å². The molecule has 2 atom stereocenters. The normalized spacial score (nSPS) is 33.8. The minimum Gasteiger partial charge on any atom is -0.393 e. The summed E-state index contributed by atoms with van der Waals surface area (Å²) in [4.78, 5) is 2.24. The molecule has 2 unspecified atom stereocenters. The molecule has 0 bridgehead atoms. The Morgan fingerprint density at radius 2 is 1.79 bits per heavy atom. The van der Waals surface area contributed by atoms with Gasteiger partial charge >= 0.3 is 0 Å². The van der Waals surface area contributed by atoms with Gasteiger partial charge in [0.1, 0.15) is 0 Å². The third kappa shape index (κ3) is 4.17. The topological polar surface area (TPSA) is 43.7 Å². The van der Waals surface area contributed by atoms with Gasteiger partial charge in [-0.1, -0.05) is 26.7 Å². The van der Waals surface area contributed by atoms with Crippen LogP contribution in [0, 0.1) is 11.3 Å². The molecule has 3 nitrogen and oxygen atoms in total. The first-order valence-electron chi connectivity index (χ1n) is 7.89. The molecule has 112 valence electrons. The average Bonchev–Trinajstić information content (AvgIpc) is 2.69. The zero-order valence-electron chi connectivity index (χ0n) is 12.9. The van der Waals surface area contributed by atoms with Gasteiger partial charge in [-0.05, 0) is 50.5 Å². The fourth-order valence-electron chi connectivity index (χ4n) is 4.07. The number of aliphatic hydroxyl groups excluding tert-OH is 1. The van der Waals surface area contributed by atoms with Crippen LogP contribution in [0.5, 0.6) is 0 Å². The second kappa shape index (κ2) is 5.71. The molecule has 2 saturated carbocycles. The van der Waals surface area contributed by atoms with Crippen LogP contribution >= 0.6 is 0 Å². The first-order valence-corrected chi connectivity index (χ1v) is 7.89. The second-order valence-corrected chi connectivity index (χ2v) is 7.86. The van der Waals surface area contributed by atoms with E-state index in [1.165, 1.54) is 0 Å². The maximum atomic E-state index is 10.5. The third-order valence-corrected chi connectivity index (χ3v) is 5.12. The van der Waals surface area contributed by atoms with Crippen LogP contribution in [0.15, 0.2) is 0 Å². The molecule has 2 aliphatic carbocycles. The van der Waals surface area contributed by atoms with Crippen molar-refractivity contribution in [1.82, 2.24) is 4.90 Å². The van der Waals surface area contributed by atoms with E-state index < -0.39 is 5.60 Å². The summed E-state index contributed by atoms with van der Waals surface area (Å²) in [7, 11) is 2.09. The Morgan fingerprint density at radius 3 is 2.42 bits per heavy atom. The number of rotatable bonds is 4. The van der Waals surface area contributed by atoms with E-state index >= 15 is 0 Å². The Morgan fingerprint density at radius 1 is 1.16 bits per heavy atom. The molecule has 19 heavy (non-hydrogen) atoms. The van der Waals surface area contributed by atoms with E-state index in [1.807, 2.05) is 0 Å². The lowest BCUT2D eigenvalue weighted by Gasteiger charge is -2.41. The van der Waals surface area contributed by atoms with E-state index in [-0.39, 0.29) is 6.10 Å². The molecule has 3 heteroatoms. The van der Waals surface area contributed by atoms with Crippen LogP contribution in [0.2, 0.25) is 0 Å². The minimum atomic E-state index is -0.468. The number of hydrogen-bond donors (Lipinski definition) is 2. The maximum Gasteiger partial charge on any atom is 0.0774 e. The van der Waals surface area contributed by atoms with Crippen molar-refractivity contribution >= 4 is 0 Å². The van der Waals surface area contributed by atoms with Gasteiger partial charge in [0.2, 0.25) is 0 Å². The molecule has 0 radical (unpaired) electrons. The largest absolute Gasteiger partial charge is 0.393 e. The molecule has 0 saturated heterocycles. The maximum absolute atomic E-state index is 10.5. The summed E-state index contributed by atoms with van der Waals surface area (Å²) in [5.41, 5.74) is -0.112. The molecule has 0 aromatic carbocycles. The smallest absolute Gasteiger partial charge is 0.0774 e. The Balaban J connectivity index is 1.85. The van der Waals surface area contributed by atoms with Gasteiger partial charge < -0.3 is 15.1 Å². The van der Waals surface area contributed by atoms with Gasteiger partial charge in [0.05, 0.1) is 11.7 Å². The minimum absolute atomic E-state index is 0.159. The van der Waals surface area contributed by atoms with Crippen LogP contribution in [0.3, 0.4) is 0 Å². The molecular weight excluding hydrogens is 238 g/mol. The SMILES string of the molecule is CN(CC1CC(C)(C)CCC1O)CC1(O)CCCC1. The van der Waals surface area contributed by atoms with Crippen molar-refractivity contribution in [3.8, 4) is 0 Å². The van der Waals surface area contributed by atoms with Gasteiger partial charge in [-0.2, -0.15) is 0 Å². The lowest BCUT2D eigenvalue weighted by atomic mass is 9.70. The molecule has 2 fully saturated rings. The van der Waals surface area contributed by atoms with Crippen LogP contribution in [0.25, 0.3) is 0 Å². The molecule has 0 aromatic heterocycles. The third-order valence-electron chi connectivity index (χ3n) is 5.12. The van der Waals surface area contributed by atoms with Gasteiger partial charge in [0, 0.05) is 13.1 Å². The zero-order chi connectivity index (χ0) is 14.1. The van der Waals surface area contributed by atoms with Crippen molar-refractivity contribution in [1.29, 1.82) is 0 Å². The van der Waals surface area contributed by atoms with Crippen molar-refractivity contribution < 1.29 is 10.2 Å². The summed E-state index contributed by atoms with van der Waals surface area (Å²) in [5.74, 6) is 0.360. The van der Waals surface area contributed by atoms with Gasteiger partial charge in [0.25, 0.3) is 0 Å². The van der Waals surface area contributed by atoms with Crippen molar-refractivity contribution in [2.45, 2.75) is 70.5 Å². The van der Waals surface area contributed by atoms with E-state index in [0.717, 1.165) is 58.0 Å². The Hall–Kier alpha value is -0.120. The highest BCUT2D eigenvalue weighted by Gasteiger charge is 2.36. The zero-order valence-corrected chi connectivity index (χ0v) is 12.9. The summed E-state index contributed by atoms with van der Waals surface area (Å²) in [6.45, 7) is 6.27. The molecular formula is C16H31NO2. The fourth-order valence-corrected chi connectivity index (χ4v) is 4.07. The van der Waals surface area contributed by atoms with Crippen LogP contribution in [0.1, 0.15) is 58.8 Å². The number of hydrogen-bond acceptors (Lipinski definition) is 3. The highest BCUT2D eigenvalue weighted by atomic mass is 16.3. The Labute approximate surface area is 118 Å². The van der Waals surface area contributed by atoms with Gasteiger partial charge in [-0.3, -0.25) is 0 Å². The molecule has 2 N–H and O–H groups in total. The van der Waals surface area contributed by atoms with Gasteiger partial charge in [0.15, 0.2) is 0 Å². The summed E-state index contributed by atoms with van der Waals surface area (Å²) < 4.78 is 0. The van der Waals surface area contributed by atoms with Crippen molar-refractivity contribution in [2.75, 3.05) is 20.1 Å². The number of aliphatic hydroxyl groups is 2. The average molecular weight is 269 g/mol.